The van der Waals surface area contributed by atoms with Gasteiger partial charge in [-0.25, -0.2) is 4.85 Å². The van der Waals surface area contributed by atoms with Gasteiger partial charge in [0.1, 0.15) is 5.54 Å². The van der Waals surface area contributed by atoms with Gasteiger partial charge < -0.3 is 9.80 Å². The predicted octanol–water partition coefficient (Wildman–Crippen LogP) is 4.46. The number of amides is 1. The SMILES string of the molecule is [C-]#[N+]c1ccc(N2C(=O)C3(CCN(C)CC3)N(c3ccc(C)cc3)C2=S)cc1C. The van der Waals surface area contributed by atoms with Gasteiger partial charge in [-0.1, -0.05) is 23.8 Å². The Kier molecular flexibility index (Phi) is 4.89. The molecule has 2 aromatic rings. The van der Waals surface area contributed by atoms with Gasteiger partial charge in [0.05, 0.1) is 6.57 Å². The number of carbonyl (C=O) groups is 1. The molecule has 2 aromatic carbocycles. The van der Waals surface area contributed by atoms with Crippen LogP contribution in [0.2, 0.25) is 0 Å². The van der Waals surface area contributed by atoms with Crippen molar-refractivity contribution < 1.29 is 4.79 Å². The number of thiocarbonyl (C=S) groups is 1. The molecule has 0 aromatic heterocycles. The maximum atomic E-state index is 13.8. The molecule has 0 atom stereocenters. The number of rotatable bonds is 2. The average Bonchev–Trinajstić information content (AvgIpc) is 2.91. The van der Waals surface area contributed by atoms with Crippen molar-refractivity contribution in [1.82, 2.24) is 4.90 Å². The molecule has 2 aliphatic heterocycles. The zero-order chi connectivity index (χ0) is 20.8. The zero-order valence-electron chi connectivity index (χ0n) is 17.0. The molecule has 2 aliphatic rings. The standard InChI is InChI=1S/C23H24N4OS/c1-16-5-7-18(8-6-16)27-22(29)26(19-9-10-20(24-3)17(2)15-19)21(28)23(27)11-13-25(4)14-12-23/h5-10,15H,11-14H2,1-2,4H3. The number of likely N-dealkylation sites (tertiary alicyclic amines) is 1. The molecule has 4 rings (SSSR count). The highest BCUT2D eigenvalue weighted by molar-refractivity contribution is 7.81. The van der Waals surface area contributed by atoms with Gasteiger partial charge in [-0.2, -0.15) is 0 Å². The van der Waals surface area contributed by atoms with Crippen LogP contribution in [0.15, 0.2) is 42.5 Å². The summed E-state index contributed by atoms with van der Waals surface area (Å²) in [6, 6.07) is 13.7. The molecule has 2 heterocycles. The van der Waals surface area contributed by atoms with E-state index in [1.54, 1.807) is 11.0 Å². The topological polar surface area (TPSA) is 31.2 Å². The van der Waals surface area contributed by atoms with E-state index in [-0.39, 0.29) is 5.91 Å². The maximum absolute atomic E-state index is 13.8. The van der Waals surface area contributed by atoms with Gasteiger partial charge in [-0.3, -0.25) is 9.69 Å². The summed E-state index contributed by atoms with van der Waals surface area (Å²) in [4.78, 5) is 23.4. The van der Waals surface area contributed by atoms with Gasteiger partial charge in [0, 0.05) is 24.5 Å². The second kappa shape index (κ2) is 7.25. The van der Waals surface area contributed by atoms with E-state index < -0.39 is 5.54 Å². The van der Waals surface area contributed by atoms with E-state index in [4.69, 9.17) is 18.8 Å². The van der Waals surface area contributed by atoms with Crippen molar-refractivity contribution in [3.63, 3.8) is 0 Å². The van der Waals surface area contributed by atoms with Crippen LogP contribution in [0.3, 0.4) is 0 Å². The zero-order valence-corrected chi connectivity index (χ0v) is 17.8. The summed E-state index contributed by atoms with van der Waals surface area (Å²) in [5.74, 6) is 0.0335. The molecular weight excluding hydrogens is 380 g/mol. The lowest BCUT2D eigenvalue weighted by Crippen LogP contribution is -2.56. The molecule has 2 saturated heterocycles. The molecule has 29 heavy (non-hydrogen) atoms. The van der Waals surface area contributed by atoms with Crippen LogP contribution in [0.1, 0.15) is 24.0 Å². The second-order valence-electron chi connectivity index (χ2n) is 8.01. The molecule has 0 aliphatic carbocycles. The van der Waals surface area contributed by atoms with Gasteiger partial charge in [-0.15, -0.1) is 0 Å². The normalized spacial score (nSPS) is 19.1. The Bertz CT molecular complexity index is 1020. The smallest absolute Gasteiger partial charge is 0.259 e. The molecule has 148 valence electrons. The first-order valence-electron chi connectivity index (χ1n) is 9.79. The Morgan fingerprint density at radius 2 is 1.66 bits per heavy atom. The molecule has 0 bridgehead atoms. The molecule has 0 radical (unpaired) electrons. The highest BCUT2D eigenvalue weighted by Gasteiger charge is 2.57. The van der Waals surface area contributed by atoms with Crippen LogP contribution < -0.4 is 9.80 Å². The van der Waals surface area contributed by atoms with Crippen LogP contribution in [0.25, 0.3) is 4.85 Å². The van der Waals surface area contributed by atoms with Gasteiger partial charge in [0.25, 0.3) is 5.91 Å². The lowest BCUT2D eigenvalue weighted by atomic mass is 9.85. The van der Waals surface area contributed by atoms with Crippen molar-refractivity contribution in [2.45, 2.75) is 32.2 Å². The van der Waals surface area contributed by atoms with E-state index in [0.717, 1.165) is 42.9 Å². The summed E-state index contributed by atoms with van der Waals surface area (Å²) in [6.45, 7) is 12.9. The fourth-order valence-corrected chi connectivity index (χ4v) is 4.75. The third-order valence-electron chi connectivity index (χ3n) is 6.08. The monoisotopic (exact) mass is 404 g/mol. The molecule has 5 nitrogen and oxygen atoms in total. The molecule has 0 saturated carbocycles. The Balaban J connectivity index is 1.82. The Morgan fingerprint density at radius 3 is 2.24 bits per heavy atom. The molecule has 6 heteroatoms. The first-order valence-corrected chi connectivity index (χ1v) is 10.2. The lowest BCUT2D eigenvalue weighted by molar-refractivity contribution is -0.122. The molecule has 2 fully saturated rings. The minimum Gasteiger partial charge on any atom is -0.306 e. The van der Waals surface area contributed by atoms with Crippen molar-refractivity contribution in [1.29, 1.82) is 0 Å². The number of nitrogens with zero attached hydrogens (tertiary/aromatic N) is 4. The van der Waals surface area contributed by atoms with Crippen LogP contribution in [0.5, 0.6) is 0 Å². The van der Waals surface area contributed by atoms with Crippen molar-refractivity contribution in [3.05, 3.63) is 65.0 Å². The highest BCUT2D eigenvalue weighted by Crippen LogP contribution is 2.43. The minimum atomic E-state index is -0.661. The van der Waals surface area contributed by atoms with Crippen LogP contribution in [0.4, 0.5) is 17.1 Å². The largest absolute Gasteiger partial charge is 0.306 e. The van der Waals surface area contributed by atoms with Gasteiger partial charge in [-0.05, 0) is 75.8 Å². The van der Waals surface area contributed by atoms with Crippen molar-refractivity contribution in [3.8, 4) is 0 Å². The number of benzene rings is 2. The molecule has 0 N–H and O–H groups in total. The van der Waals surface area contributed by atoms with E-state index in [9.17, 15) is 4.79 Å². The van der Waals surface area contributed by atoms with Gasteiger partial charge in [0.15, 0.2) is 10.8 Å². The van der Waals surface area contributed by atoms with Crippen LogP contribution >= 0.6 is 12.2 Å². The van der Waals surface area contributed by atoms with Crippen molar-refractivity contribution in [2.75, 3.05) is 29.9 Å². The van der Waals surface area contributed by atoms with Crippen molar-refractivity contribution >= 4 is 40.3 Å². The summed E-state index contributed by atoms with van der Waals surface area (Å²) >= 11 is 5.88. The van der Waals surface area contributed by atoms with E-state index in [1.165, 1.54) is 5.56 Å². The Morgan fingerprint density at radius 1 is 1.03 bits per heavy atom. The van der Waals surface area contributed by atoms with E-state index in [2.05, 4.69) is 40.7 Å². The Labute approximate surface area is 177 Å². The molecule has 0 unspecified atom stereocenters. The van der Waals surface area contributed by atoms with E-state index in [1.807, 2.05) is 31.2 Å². The average molecular weight is 405 g/mol. The number of piperidine rings is 1. The number of aryl methyl sites for hydroxylation is 2. The summed E-state index contributed by atoms with van der Waals surface area (Å²) in [5, 5.41) is 0.512. The maximum Gasteiger partial charge on any atom is 0.259 e. The first kappa shape index (κ1) is 19.6. The van der Waals surface area contributed by atoms with E-state index >= 15 is 0 Å². The third-order valence-corrected chi connectivity index (χ3v) is 6.44. The quantitative estimate of drug-likeness (QED) is 0.546. The summed E-state index contributed by atoms with van der Waals surface area (Å²) in [7, 11) is 2.09. The molecular formula is C23H24N4OS. The number of hydrogen-bond acceptors (Lipinski definition) is 3. The number of anilines is 2. The second-order valence-corrected chi connectivity index (χ2v) is 8.38. The first-order chi connectivity index (χ1) is 13.9. The van der Waals surface area contributed by atoms with Gasteiger partial charge >= 0.3 is 0 Å². The summed E-state index contributed by atoms with van der Waals surface area (Å²) in [6.07, 6.45) is 1.46. The lowest BCUT2D eigenvalue weighted by Gasteiger charge is -2.41. The van der Waals surface area contributed by atoms with Gasteiger partial charge in [0.2, 0.25) is 0 Å². The van der Waals surface area contributed by atoms with Crippen LogP contribution in [0, 0.1) is 20.4 Å². The predicted molar refractivity (Wildman–Crippen MR) is 121 cm³/mol. The van der Waals surface area contributed by atoms with Crippen molar-refractivity contribution in [2.24, 2.45) is 0 Å². The van der Waals surface area contributed by atoms with Crippen LogP contribution in [-0.2, 0) is 4.79 Å². The summed E-state index contributed by atoms with van der Waals surface area (Å²) < 4.78 is 0. The summed E-state index contributed by atoms with van der Waals surface area (Å²) in [5.41, 5.74) is 3.64. The van der Waals surface area contributed by atoms with E-state index in [0.29, 0.717) is 10.8 Å². The molecule has 1 amide bonds. The third kappa shape index (κ3) is 3.11. The number of carbonyl (C=O) groups excluding carboxylic acids is 1. The number of hydrogen-bond donors (Lipinski definition) is 0. The fraction of sp³-hybridized carbons (Fsp3) is 0.348. The highest BCUT2D eigenvalue weighted by atomic mass is 32.1. The van der Waals surface area contributed by atoms with Crippen LogP contribution in [-0.4, -0.2) is 41.6 Å². The Hall–Kier alpha value is -2.75. The molecule has 1 spiro atoms. The fourth-order valence-electron chi connectivity index (χ4n) is 4.28. The minimum absolute atomic E-state index is 0.0335.